The van der Waals surface area contributed by atoms with E-state index in [9.17, 15) is 0 Å². The molecule has 1 saturated carbocycles. The number of rotatable bonds is 3. The number of aromatic nitrogens is 2. The molecule has 1 aromatic heterocycles. The summed E-state index contributed by atoms with van der Waals surface area (Å²) in [6.45, 7) is 2.96. The number of nitrogens with one attached hydrogen (secondary N) is 2. The van der Waals surface area contributed by atoms with Crippen molar-refractivity contribution in [3.05, 3.63) is 29.6 Å². The van der Waals surface area contributed by atoms with E-state index in [2.05, 4.69) is 40.4 Å². The van der Waals surface area contributed by atoms with Crippen molar-refractivity contribution in [3.63, 3.8) is 0 Å². The quantitative estimate of drug-likeness (QED) is 0.826. The number of aryl methyl sites for hydroxylation is 1. The van der Waals surface area contributed by atoms with Crippen LogP contribution in [0, 0.1) is 6.92 Å². The van der Waals surface area contributed by atoms with E-state index in [1.165, 1.54) is 24.8 Å². The molecule has 84 valence electrons. The van der Waals surface area contributed by atoms with Gasteiger partial charge in [-0.2, -0.15) is 0 Å². The van der Waals surface area contributed by atoms with Crippen LogP contribution in [0.3, 0.4) is 0 Å². The largest absolute Gasteiger partial charge is 0.341 e. The highest BCUT2D eigenvalue weighted by Crippen LogP contribution is 2.19. The minimum absolute atomic E-state index is 0.718. The molecule has 2 N–H and O–H groups in total. The molecule has 1 heterocycles. The zero-order chi connectivity index (χ0) is 11.0. The Hall–Kier alpha value is -1.35. The van der Waals surface area contributed by atoms with Crippen LogP contribution in [0.2, 0.25) is 0 Å². The van der Waals surface area contributed by atoms with Gasteiger partial charge in [-0.15, -0.1) is 0 Å². The monoisotopic (exact) mass is 215 g/mol. The molecule has 1 fully saturated rings. The molecular weight excluding hydrogens is 198 g/mol. The minimum atomic E-state index is 0.718. The Balaban J connectivity index is 1.76. The van der Waals surface area contributed by atoms with Gasteiger partial charge in [-0.3, -0.25) is 0 Å². The standard InChI is InChI=1S/C13H17N3/c1-9-5-6-11-12(7-9)16-13(15-11)8-14-10-3-2-4-10/h5-7,10,14H,2-4,8H2,1H3,(H,15,16). The first kappa shape index (κ1) is 9.85. The Labute approximate surface area is 95.3 Å². The van der Waals surface area contributed by atoms with Gasteiger partial charge in [0.25, 0.3) is 0 Å². The molecule has 0 spiro atoms. The second-order valence-corrected chi connectivity index (χ2v) is 4.71. The molecule has 16 heavy (non-hydrogen) atoms. The summed E-state index contributed by atoms with van der Waals surface area (Å²) in [6.07, 6.45) is 4.01. The van der Waals surface area contributed by atoms with Crippen molar-refractivity contribution < 1.29 is 0 Å². The first-order valence-corrected chi connectivity index (χ1v) is 6.00. The molecule has 0 aliphatic heterocycles. The van der Waals surface area contributed by atoms with E-state index < -0.39 is 0 Å². The van der Waals surface area contributed by atoms with Crippen LogP contribution in [0.15, 0.2) is 18.2 Å². The van der Waals surface area contributed by atoms with Gasteiger partial charge in [-0.05, 0) is 37.5 Å². The van der Waals surface area contributed by atoms with E-state index in [4.69, 9.17) is 0 Å². The van der Waals surface area contributed by atoms with Crippen LogP contribution >= 0.6 is 0 Å². The molecule has 0 saturated heterocycles. The van der Waals surface area contributed by atoms with Crippen molar-refractivity contribution in [2.75, 3.05) is 0 Å². The smallest absolute Gasteiger partial charge is 0.121 e. The topological polar surface area (TPSA) is 40.7 Å². The molecule has 0 unspecified atom stereocenters. The fraction of sp³-hybridized carbons (Fsp3) is 0.462. The van der Waals surface area contributed by atoms with Crippen LogP contribution in [-0.2, 0) is 6.54 Å². The third kappa shape index (κ3) is 1.83. The summed E-state index contributed by atoms with van der Waals surface area (Å²) < 4.78 is 0. The summed E-state index contributed by atoms with van der Waals surface area (Å²) in [5.41, 5.74) is 3.48. The molecule has 3 rings (SSSR count). The Bertz CT molecular complexity index is 497. The van der Waals surface area contributed by atoms with Crippen LogP contribution in [0.4, 0.5) is 0 Å². The van der Waals surface area contributed by atoms with Crippen molar-refractivity contribution in [2.24, 2.45) is 0 Å². The van der Waals surface area contributed by atoms with E-state index in [1.54, 1.807) is 0 Å². The summed E-state index contributed by atoms with van der Waals surface area (Å²) in [7, 11) is 0. The van der Waals surface area contributed by atoms with Gasteiger partial charge in [0.05, 0.1) is 17.6 Å². The molecule has 2 aromatic rings. The Morgan fingerprint density at radius 1 is 1.44 bits per heavy atom. The fourth-order valence-electron chi connectivity index (χ4n) is 2.11. The van der Waals surface area contributed by atoms with Crippen molar-refractivity contribution in [1.29, 1.82) is 0 Å². The lowest BCUT2D eigenvalue weighted by Gasteiger charge is -2.25. The van der Waals surface area contributed by atoms with Gasteiger partial charge in [0.2, 0.25) is 0 Å². The number of imidazole rings is 1. The van der Waals surface area contributed by atoms with Crippen LogP contribution in [-0.4, -0.2) is 16.0 Å². The Morgan fingerprint density at radius 2 is 2.31 bits per heavy atom. The zero-order valence-corrected chi connectivity index (χ0v) is 9.59. The summed E-state index contributed by atoms with van der Waals surface area (Å²) in [4.78, 5) is 7.93. The van der Waals surface area contributed by atoms with Crippen LogP contribution < -0.4 is 5.32 Å². The summed E-state index contributed by atoms with van der Waals surface area (Å²) in [6, 6.07) is 7.05. The van der Waals surface area contributed by atoms with Crippen molar-refractivity contribution in [1.82, 2.24) is 15.3 Å². The van der Waals surface area contributed by atoms with Crippen molar-refractivity contribution in [3.8, 4) is 0 Å². The second-order valence-electron chi connectivity index (χ2n) is 4.71. The minimum Gasteiger partial charge on any atom is -0.341 e. The van der Waals surface area contributed by atoms with Gasteiger partial charge in [0.1, 0.15) is 5.82 Å². The molecule has 0 bridgehead atoms. The molecule has 0 radical (unpaired) electrons. The number of H-pyrrole nitrogens is 1. The van der Waals surface area contributed by atoms with E-state index in [1.807, 2.05) is 0 Å². The lowest BCUT2D eigenvalue weighted by Crippen LogP contribution is -2.34. The van der Waals surface area contributed by atoms with E-state index in [-0.39, 0.29) is 0 Å². The Kier molecular flexibility index (Phi) is 2.40. The number of hydrogen-bond donors (Lipinski definition) is 2. The second kappa shape index (κ2) is 3.91. The number of nitrogens with zero attached hydrogens (tertiary/aromatic N) is 1. The summed E-state index contributed by atoms with van der Waals surface area (Å²) >= 11 is 0. The predicted molar refractivity (Wildman–Crippen MR) is 65.3 cm³/mol. The average molecular weight is 215 g/mol. The highest BCUT2D eigenvalue weighted by atomic mass is 15.0. The van der Waals surface area contributed by atoms with Gasteiger partial charge in [-0.1, -0.05) is 12.5 Å². The molecule has 0 atom stereocenters. The summed E-state index contributed by atoms with van der Waals surface area (Å²) in [5.74, 6) is 1.05. The number of aromatic amines is 1. The number of hydrogen-bond acceptors (Lipinski definition) is 2. The molecule has 1 aromatic carbocycles. The van der Waals surface area contributed by atoms with Gasteiger partial charge >= 0.3 is 0 Å². The molecule has 0 amide bonds. The van der Waals surface area contributed by atoms with Gasteiger partial charge < -0.3 is 10.3 Å². The molecule has 3 nitrogen and oxygen atoms in total. The van der Waals surface area contributed by atoms with Gasteiger partial charge in [0, 0.05) is 6.04 Å². The normalized spacial score (nSPS) is 16.6. The lowest BCUT2D eigenvalue weighted by atomic mass is 9.93. The van der Waals surface area contributed by atoms with Gasteiger partial charge in [-0.25, -0.2) is 4.98 Å². The van der Waals surface area contributed by atoms with Crippen LogP contribution in [0.5, 0.6) is 0 Å². The maximum absolute atomic E-state index is 4.57. The van der Waals surface area contributed by atoms with E-state index >= 15 is 0 Å². The van der Waals surface area contributed by atoms with E-state index in [0.717, 1.165) is 29.4 Å². The maximum Gasteiger partial charge on any atom is 0.121 e. The lowest BCUT2D eigenvalue weighted by molar-refractivity contribution is 0.336. The first-order chi connectivity index (χ1) is 7.81. The van der Waals surface area contributed by atoms with Gasteiger partial charge in [0.15, 0.2) is 0 Å². The predicted octanol–water partition coefficient (Wildman–Crippen LogP) is 2.51. The third-order valence-corrected chi connectivity index (χ3v) is 3.35. The zero-order valence-electron chi connectivity index (χ0n) is 9.59. The highest BCUT2D eigenvalue weighted by Gasteiger charge is 2.16. The van der Waals surface area contributed by atoms with Crippen molar-refractivity contribution >= 4 is 11.0 Å². The fourth-order valence-corrected chi connectivity index (χ4v) is 2.11. The molecule has 1 aliphatic carbocycles. The van der Waals surface area contributed by atoms with Crippen molar-refractivity contribution in [2.45, 2.75) is 38.8 Å². The summed E-state index contributed by atoms with van der Waals surface area (Å²) in [5, 5.41) is 3.52. The van der Waals surface area contributed by atoms with Crippen LogP contribution in [0.1, 0.15) is 30.7 Å². The van der Waals surface area contributed by atoms with Crippen LogP contribution in [0.25, 0.3) is 11.0 Å². The molecule has 3 heteroatoms. The molecular formula is C13H17N3. The number of fused-ring (bicyclic) bond motifs is 1. The molecule has 1 aliphatic rings. The number of benzene rings is 1. The van der Waals surface area contributed by atoms with E-state index in [0.29, 0.717) is 0 Å². The third-order valence-electron chi connectivity index (χ3n) is 3.35. The Morgan fingerprint density at radius 3 is 3.06 bits per heavy atom. The SMILES string of the molecule is Cc1ccc2nc(CNC3CCC3)[nH]c2c1. The average Bonchev–Trinajstić information content (AvgIpc) is 2.57. The first-order valence-electron chi connectivity index (χ1n) is 6.00. The maximum atomic E-state index is 4.57. The highest BCUT2D eigenvalue weighted by molar-refractivity contribution is 5.75.